The zero-order chi connectivity index (χ0) is 78.9. The van der Waals surface area contributed by atoms with Crippen molar-refractivity contribution in [3.05, 3.63) is 134 Å². The zero-order valence-electron chi connectivity index (χ0n) is 68.0. The average molecular weight is 1560 g/mol. The summed E-state index contributed by atoms with van der Waals surface area (Å²) >= 11 is 0. The van der Waals surface area contributed by atoms with Crippen LogP contribution in [0.5, 0.6) is 0 Å². The van der Waals surface area contributed by atoms with E-state index in [-0.39, 0.29) is 25.7 Å². The van der Waals surface area contributed by atoms with E-state index in [0.29, 0.717) is 38.5 Å². The van der Waals surface area contributed by atoms with E-state index >= 15 is 0 Å². The lowest BCUT2D eigenvalue weighted by atomic mass is 10.0. The van der Waals surface area contributed by atoms with E-state index in [0.717, 1.165) is 109 Å². The van der Waals surface area contributed by atoms with Gasteiger partial charge in [0.1, 0.15) is 19.3 Å². The summed E-state index contributed by atoms with van der Waals surface area (Å²) in [4.78, 5) is 73.1. The number of phosphoric acid groups is 2. The predicted octanol–water partition coefficient (Wildman–Crippen LogP) is 25.2. The molecule has 0 aromatic rings. The molecule has 0 rings (SSSR count). The first-order valence-electron chi connectivity index (χ1n) is 42.4. The van der Waals surface area contributed by atoms with E-state index in [2.05, 4.69) is 131 Å². The number of aliphatic hydroxyl groups excluding tert-OH is 1. The number of aliphatic hydroxyl groups is 1. The van der Waals surface area contributed by atoms with E-state index < -0.39 is 97.5 Å². The van der Waals surface area contributed by atoms with Gasteiger partial charge in [0.25, 0.3) is 0 Å². The van der Waals surface area contributed by atoms with Crippen molar-refractivity contribution in [3.63, 3.8) is 0 Å². The molecule has 0 saturated heterocycles. The van der Waals surface area contributed by atoms with Crippen LogP contribution < -0.4 is 0 Å². The van der Waals surface area contributed by atoms with Crippen molar-refractivity contribution in [2.24, 2.45) is 0 Å². The van der Waals surface area contributed by atoms with Crippen molar-refractivity contribution >= 4 is 39.5 Å². The van der Waals surface area contributed by atoms with Crippen LogP contribution in [0.4, 0.5) is 0 Å². The Morgan fingerprint density at radius 3 is 0.778 bits per heavy atom. The predicted molar refractivity (Wildman–Crippen MR) is 445 cm³/mol. The van der Waals surface area contributed by atoms with E-state index in [1.807, 2.05) is 30.4 Å². The van der Waals surface area contributed by atoms with E-state index in [1.54, 1.807) is 0 Å². The Labute approximate surface area is 656 Å². The highest BCUT2D eigenvalue weighted by molar-refractivity contribution is 7.47. The number of carbonyl (C=O) groups is 4. The van der Waals surface area contributed by atoms with Crippen LogP contribution in [0.1, 0.15) is 349 Å². The van der Waals surface area contributed by atoms with Crippen LogP contribution >= 0.6 is 15.6 Å². The number of phosphoric ester groups is 2. The lowest BCUT2D eigenvalue weighted by Crippen LogP contribution is -2.30. The fourth-order valence-corrected chi connectivity index (χ4v) is 12.8. The molecule has 0 bridgehead atoms. The molecule has 0 aliphatic carbocycles. The number of ether oxygens (including phenoxy) is 4. The van der Waals surface area contributed by atoms with Crippen LogP contribution in [-0.4, -0.2) is 96.7 Å². The molecule has 19 heteroatoms. The van der Waals surface area contributed by atoms with Crippen molar-refractivity contribution in [2.75, 3.05) is 39.6 Å². The Balaban J connectivity index is 5.47. The molecule has 0 amide bonds. The molecule has 0 aliphatic rings. The summed E-state index contributed by atoms with van der Waals surface area (Å²) in [7, 11) is -10.0. The molecule has 0 aromatic carbocycles. The lowest BCUT2D eigenvalue weighted by molar-refractivity contribution is -0.161. The summed E-state index contributed by atoms with van der Waals surface area (Å²) in [6.07, 6.45) is 91.6. The lowest BCUT2D eigenvalue weighted by Gasteiger charge is -2.21. The average Bonchev–Trinajstić information content (AvgIpc) is 0.923. The minimum Gasteiger partial charge on any atom is -0.462 e. The topological polar surface area (TPSA) is 237 Å². The van der Waals surface area contributed by atoms with Crippen molar-refractivity contribution < 1.29 is 80.2 Å². The summed E-state index contributed by atoms with van der Waals surface area (Å²) < 4.78 is 68.6. The maximum atomic E-state index is 13.1. The number of unbranched alkanes of at least 4 members (excludes halogenated alkanes) is 31. The number of hydrogen-bond acceptors (Lipinski definition) is 15. The summed E-state index contributed by atoms with van der Waals surface area (Å²) in [5, 5.41) is 10.7. The number of allylic oxidation sites excluding steroid dienone is 22. The summed E-state index contributed by atoms with van der Waals surface area (Å²) in [5.41, 5.74) is 0. The molecule has 3 N–H and O–H groups in total. The third kappa shape index (κ3) is 79.3. The summed E-state index contributed by atoms with van der Waals surface area (Å²) in [6.45, 7) is 4.62. The molecule has 0 spiro atoms. The fraction of sp³-hybridized carbons (Fsp3) is 0.708. The van der Waals surface area contributed by atoms with Gasteiger partial charge in [0.15, 0.2) is 12.2 Å². The van der Waals surface area contributed by atoms with Gasteiger partial charge in [-0.25, -0.2) is 9.13 Å². The second kappa shape index (κ2) is 80.3. The standard InChI is InChI=1S/C89H152O17P2/c1-5-9-13-17-21-25-29-33-37-39-41-43-47-49-53-57-61-65-69-73-86(91)99-79-84(105-88(93)75-71-67-63-59-55-51-45-35-31-27-23-19-15-11-7-3)81-103-107(95,96)101-77-83(90)78-102-108(97,98)104-82-85(106-89(94)76-72-68-64-60-56-52-46-36-32-28-24-20-16-12-8-4)80-100-87(92)74-70-66-62-58-54-50-48-44-42-40-38-34-30-26-22-18-14-10-6-2/h9,13,21-22,25-26,33-34,37-38,41-44,49-50,53-54,61-62,65-66,83-85,90H,5-8,10-12,14-20,23-24,27-32,35-36,39-40,45-48,51-52,55-60,63-64,67-82H2,1-4H3,(H,95,96)(H,97,98)/b13-9-,25-21-,26-22-,37-33-,38-34-,43-41-,44-42-,53-49-,54-50-,65-61-,66-62-/t83-,84-,85-/m1/s1. The van der Waals surface area contributed by atoms with Gasteiger partial charge in [-0.1, -0.05) is 354 Å². The van der Waals surface area contributed by atoms with Gasteiger partial charge < -0.3 is 33.8 Å². The van der Waals surface area contributed by atoms with Gasteiger partial charge in [-0.05, 0) is 103 Å². The molecule has 620 valence electrons. The minimum atomic E-state index is -5.00. The van der Waals surface area contributed by atoms with Gasteiger partial charge in [0.05, 0.1) is 26.4 Å². The Bertz CT molecular complexity index is 2560. The van der Waals surface area contributed by atoms with Crippen molar-refractivity contribution in [1.29, 1.82) is 0 Å². The number of esters is 4. The van der Waals surface area contributed by atoms with Gasteiger partial charge >= 0.3 is 39.5 Å². The van der Waals surface area contributed by atoms with Crippen LogP contribution in [-0.2, 0) is 65.4 Å². The van der Waals surface area contributed by atoms with Crippen molar-refractivity contribution in [3.8, 4) is 0 Å². The minimum absolute atomic E-state index is 0.0345. The first-order valence-corrected chi connectivity index (χ1v) is 45.4. The van der Waals surface area contributed by atoms with Gasteiger partial charge in [-0.3, -0.25) is 37.3 Å². The smallest absolute Gasteiger partial charge is 0.462 e. The van der Waals surface area contributed by atoms with Crippen LogP contribution in [0.2, 0.25) is 0 Å². The molecule has 17 nitrogen and oxygen atoms in total. The highest BCUT2D eigenvalue weighted by atomic mass is 31.2. The van der Waals surface area contributed by atoms with Crippen molar-refractivity contribution in [2.45, 2.75) is 367 Å². The van der Waals surface area contributed by atoms with Crippen LogP contribution in [0.15, 0.2) is 134 Å². The molecule has 0 aromatic heterocycles. The van der Waals surface area contributed by atoms with E-state index in [9.17, 15) is 43.2 Å². The first-order chi connectivity index (χ1) is 52.7. The number of rotatable bonds is 79. The van der Waals surface area contributed by atoms with Crippen LogP contribution in [0, 0.1) is 0 Å². The second-order valence-corrected chi connectivity index (χ2v) is 31.0. The molecular weight excluding hydrogens is 1400 g/mol. The van der Waals surface area contributed by atoms with Crippen LogP contribution in [0.3, 0.4) is 0 Å². The molecule has 5 atom stereocenters. The molecule has 2 unspecified atom stereocenters. The fourth-order valence-electron chi connectivity index (χ4n) is 11.2. The maximum absolute atomic E-state index is 13.1. The first kappa shape index (κ1) is 103. The highest BCUT2D eigenvalue weighted by Crippen LogP contribution is 2.45. The second-order valence-electron chi connectivity index (χ2n) is 28.1. The Morgan fingerprint density at radius 2 is 0.500 bits per heavy atom. The molecule has 0 heterocycles. The maximum Gasteiger partial charge on any atom is 0.472 e. The quantitative estimate of drug-likeness (QED) is 0.0169. The molecule has 0 fully saturated rings. The Morgan fingerprint density at radius 1 is 0.269 bits per heavy atom. The van der Waals surface area contributed by atoms with Crippen molar-refractivity contribution in [1.82, 2.24) is 0 Å². The Kier molecular flexibility index (Phi) is 76.7. The normalized spacial score (nSPS) is 14.5. The summed E-state index contributed by atoms with van der Waals surface area (Å²) in [6, 6.07) is 0. The molecule has 0 radical (unpaired) electrons. The zero-order valence-corrected chi connectivity index (χ0v) is 69.8. The molecule has 108 heavy (non-hydrogen) atoms. The Hall–Kier alpha value is -4.80. The third-order valence-corrected chi connectivity index (χ3v) is 19.6. The largest absolute Gasteiger partial charge is 0.472 e. The van der Waals surface area contributed by atoms with E-state index in [1.165, 1.54) is 148 Å². The monoisotopic (exact) mass is 1560 g/mol. The van der Waals surface area contributed by atoms with Crippen LogP contribution in [0.25, 0.3) is 0 Å². The van der Waals surface area contributed by atoms with E-state index in [4.69, 9.17) is 37.0 Å². The number of hydrogen-bond donors (Lipinski definition) is 3. The molecule has 0 saturated carbocycles. The highest BCUT2D eigenvalue weighted by Gasteiger charge is 2.30. The molecular formula is C89H152O17P2. The SMILES string of the molecule is CC/C=C\C/C=C\C/C=C\C/C=C\C/C=C\C/C=C\CCC(=O)OC[C@H](COP(=O)(O)OC[C@@H](O)COP(=O)(O)OC[C@@H](COC(=O)CC/C=C\C/C=C\C/C=C\C/C=C\C/C=C\CCCCC)OC(=O)CCCCCCCCCCCCCCCCC)OC(=O)CCCCCCCCCCCCCCCCC. The van der Waals surface area contributed by atoms with Gasteiger partial charge in [0.2, 0.25) is 0 Å². The summed E-state index contributed by atoms with van der Waals surface area (Å²) in [5.74, 6) is -2.35. The molecule has 0 aliphatic heterocycles. The third-order valence-electron chi connectivity index (χ3n) is 17.7. The van der Waals surface area contributed by atoms with Gasteiger partial charge in [-0.2, -0.15) is 0 Å². The van der Waals surface area contributed by atoms with Gasteiger partial charge in [0, 0.05) is 25.7 Å². The number of carbonyl (C=O) groups excluding carboxylic acids is 4. The van der Waals surface area contributed by atoms with Gasteiger partial charge in [-0.15, -0.1) is 0 Å².